The molecule has 0 aromatic heterocycles. The van der Waals surface area contributed by atoms with Gasteiger partial charge < -0.3 is 15.7 Å². The average molecular weight is 158 g/mol. The molecular formula is C7H14N2O2. The summed E-state index contributed by atoms with van der Waals surface area (Å²) in [6.45, 7) is 2.49. The summed E-state index contributed by atoms with van der Waals surface area (Å²) in [7, 11) is 0. The summed E-state index contributed by atoms with van der Waals surface area (Å²) >= 11 is 0. The van der Waals surface area contributed by atoms with Crippen LogP contribution in [0.15, 0.2) is 0 Å². The number of amides is 1. The molecule has 0 aromatic carbocycles. The van der Waals surface area contributed by atoms with Crippen LogP contribution < -0.4 is 5.73 Å². The zero-order valence-electron chi connectivity index (χ0n) is 6.66. The highest BCUT2D eigenvalue weighted by Crippen LogP contribution is 2.18. The lowest BCUT2D eigenvalue weighted by molar-refractivity contribution is 0.135. The van der Waals surface area contributed by atoms with Crippen molar-refractivity contribution >= 4 is 6.09 Å². The second-order valence-electron chi connectivity index (χ2n) is 3.04. The van der Waals surface area contributed by atoms with E-state index in [0.717, 1.165) is 12.8 Å². The van der Waals surface area contributed by atoms with Crippen molar-refractivity contribution in [2.75, 3.05) is 6.54 Å². The molecule has 1 aliphatic heterocycles. The van der Waals surface area contributed by atoms with E-state index in [0.29, 0.717) is 6.54 Å². The summed E-state index contributed by atoms with van der Waals surface area (Å²) < 4.78 is 0. The smallest absolute Gasteiger partial charge is 0.407 e. The zero-order valence-corrected chi connectivity index (χ0v) is 6.66. The maximum Gasteiger partial charge on any atom is 0.407 e. The molecule has 64 valence electrons. The first-order valence-electron chi connectivity index (χ1n) is 3.88. The van der Waals surface area contributed by atoms with Crippen LogP contribution in [0.3, 0.4) is 0 Å². The highest BCUT2D eigenvalue weighted by molar-refractivity contribution is 5.65. The SMILES string of the molecule is CC(N)C1CCCN1C(=O)O. The van der Waals surface area contributed by atoms with Crippen LogP contribution in [0, 0.1) is 0 Å². The molecule has 4 nitrogen and oxygen atoms in total. The Kier molecular flexibility index (Phi) is 2.34. The third kappa shape index (κ3) is 1.63. The molecule has 0 radical (unpaired) electrons. The van der Waals surface area contributed by atoms with Crippen molar-refractivity contribution in [3.05, 3.63) is 0 Å². The first-order chi connectivity index (χ1) is 5.13. The van der Waals surface area contributed by atoms with Crippen molar-refractivity contribution in [3.8, 4) is 0 Å². The third-order valence-electron chi connectivity index (χ3n) is 2.15. The Morgan fingerprint density at radius 1 is 1.82 bits per heavy atom. The first-order valence-corrected chi connectivity index (χ1v) is 3.88. The predicted molar refractivity (Wildman–Crippen MR) is 41.4 cm³/mol. The summed E-state index contributed by atoms with van der Waals surface area (Å²) in [4.78, 5) is 12.0. The molecule has 0 saturated carbocycles. The van der Waals surface area contributed by atoms with Crippen molar-refractivity contribution in [3.63, 3.8) is 0 Å². The van der Waals surface area contributed by atoms with E-state index in [1.54, 1.807) is 0 Å². The number of likely N-dealkylation sites (tertiary alicyclic amines) is 1. The quantitative estimate of drug-likeness (QED) is 0.583. The fourth-order valence-electron chi connectivity index (χ4n) is 1.58. The molecule has 2 atom stereocenters. The second kappa shape index (κ2) is 3.09. The number of hydrogen-bond donors (Lipinski definition) is 2. The molecule has 4 heteroatoms. The summed E-state index contributed by atoms with van der Waals surface area (Å²) in [5, 5.41) is 8.70. The molecule has 0 spiro atoms. The molecule has 1 heterocycles. The zero-order chi connectivity index (χ0) is 8.43. The van der Waals surface area contributed by atoms with E-state index in [1.165, 1.54) is 4.90 Å². The van der Waals surface area contributed by atoms with Crippen LogP contribution in [0.2, 0.25) is 0 Å². The third-order valence-corrected chi connectivity index (χ3v) is 2.15. The van der Waals surface area contributed by atoms with Gasteiger partial charge in [0.2, 0.25) is 0 Å². The Labute approximate surface area is 66.0 Å². The van der Waals surface area contributed by atoms with Crippen molar-refractivity contribution in [2.24, 2.45) is 5.73 Å². The van der Waals surface area contributed by atoms with Crippen LogP contribution in [0.1, 0.15) is 19.8 Å². The van der Waals surface area contributed by atoms with Crippen LogP contribution in [0.4, 0.5) is 4.79 Å². The van der Waals surface area contributed by atoms with Crippen molar-refractivity contribution in [1.82, 2.24) is 4.90 Å². The maximum absolute atomic E-state index is 10.6. The van der Waals surface area contributed by atoms with Gasteiger partial charge in [-0.25, -0.2) is 4.79 Å². The lowest BCUT2D eigenvalue weighted by Crippen LogP contribution is -2.44. The second-order valence-corrected chi connectivity index (χ2v) is 3.04. The van der Waals surface area contributed by atoms with Crippen LogP contribution in [0.5, 0.6) is 0 Å². The normalized spacial score (nSPS) is 27.1. The fourth-order valence-corrected chi connectivity index (χ4v) is 1.58. The predicted octanol–water partition coefficient (Wildman–Crippen LogP) is 0.476. The van der Waals surface area contributed by atoms with Gasteiger partial charge in [0.1, 0.15) is 0 Å². The highest BCUT2D eigenvalue weighted by atomic mass is 16.4. The Balaban J connectivity index is 2.58. The number of nitrogens with two attached hydrogens (primary N) is 1. The highest BCUT2D eigenvalue weighted by Gasteiger charge is 2.30. The van der Waals surface area contributed by atoms with E-state index in [9.17, 15) is 4.79 Å². The topological polar surface area (TPSA) is 66.6 Å². The standard InChI is InChI=1S/C7H14N2O2/c1-5(8)6-3-2-4-9(6)7(10)11/h5-6H,2-4,8H2,1H3,(H,10,11). The molecule has 1 fully saturated rings. The van der Waals surface area contributed by atoms with Crippen LogP contribution >= 0.6 is 0 Å². The molecule has 1 aliphatic rings. The Bertz CT molecular complexity index is 159. The lowest BCUT2D eigenvalue weighted by atomic mass is 10.1. The number of carbonyl (C=O) groups is 1. The molecule has 1 amide bonds. The molecule has 1 saturated heterocycles. The van der Waals surface area contributed by atoms with Gasteiger partial charge in [0, 0.05) is 18.6 Å². The van der Waals surface area contributed by atoms with Gasteiger partial charge in [-0.15, -0.1) is 0 Å². The van der Waals surface area contributed by atoms with Gasteiger partial charge in [-0.2, -0.15) is 0 Å². The van der Waals surface area contributed by atoms with E-state index in [-0.39, 0.29) is 12.1 Å². The largest absolute Gasteiger partial charge is 0.465 e. The summed E-state index contributed by atoms with van der Waals surface area (Å²) in [5.41, 5.74) is 5.62. The first kappa shape index (κ1) is 8.33. The minimum absolute atomic E-state index is 0.0347. The Hall–Kier alpha value is -0.770. The van der Waals surface area contributed by atoms with E-state index >= 15 is 0 Å². The number of rotatable bonds is 1. The van der Waals surface area contributed by atoms with Gasteiger partial charge in [-0.3, -0.25) is 0 Å². The number of hydrogen-bond acceptors (Lipinski definition) is 2. The van der Waals surface area contributed by atoms with Gasteiger partial charge in [-0.1, -0.05) is 0 Å². The summed E-state index contributed by atoms with van der Waals surface area (Å²) in [5.74, 6) is 0. The van der Waals surface area contributed by atoms with Crippen molar-refractivity contribution < 1.29 is 9.90 Å². The molecule has 1 rings (SSSR count). The van der Waals surface area contributed by atoms with E-state index in [1.807, 2.05) is 6.92 Å². The lowest BCUT2D eigenvalue weighted by Gasteiger charge is -2.24. The van der Waals surface area contributed by atoms with Gasteiger partial charge in [0.25, 0.3) is 0 Å². The average Bonchev–Trinajstić information content (AvgIpc) is 2.32. The van der Waals surface area contributed by atoms with Gasteiger partial charge >= 0.3 is 6.09 Å². The van der Waals surface area contributed by atoms with Gasteiger partial charge in [0.05, 0.1) is 0 Å². The van der Waals surface area contributed by atoms with Gasteiger partial charge in [0.15, 0.2) is 0 Å². The van der Waals surface area contributed by atoms with Crippen molar-refractivity contribution in [1.29, 1.82) is 0 Å². The number of nitrogens with zero attached hydrogens (tertiary/aromatic N) is 1. The maximum atomic E-state index is 10.6. The minimum Gasteiger partial charge on any atom is -0.465 e. The van der Waals surface area contributed by atoms with Crippen molar-refractivity contribution in [2.45, 2.75) is 31.8 Å². The Morgan fingerprint density at radius 3 is 2.82 bits per heavy atom. The molecule has 2 unspecified atom stereocenters. The van der Waals surface area contributed by atoms with Crippen LogP contribution in [-0.2, 0) is 0 Å². The molecule has 11 heavy (non-hydrogen) atoms. The molecule has 3 N–H and O–H groups in total. The number of carboxylic acid groups (broad SMARTS) is 1. The summed E-state index contributed by atoms with van der Waals surface area (Å²) in [6.07, 6.45) is 1.01. The Morgan fingerprint density at radius 2 is 2.45 bits per heavy atom. The van der Waals surface area contributed by atoms with E-state index in [4.69, 9.17) is 10.8 Å². The van der Waals surface area contributed by atoms with Gasteiger partial charge in [-0.05, 0) is 19.8 Å². The monoisotopic (exact) mass is 158 g/mol. The summed E-state index contributed by atoms with van der Waals surface area (Å²) in [6, 6.07) is -0.0129. The van der Waals surface area contributed by atoms with Crippen LogP contribution in [-0.4, -0.2) is 34.7 Å². The minimum atomic E-state index is -0.843. The van der Waals surface area contributed by atoms with Crippen LogP contribution in [0.25, 0.3) is 0 Å². The molecule has 0 bridgehead atoms. The fraction of sp³-hybridized carbons (Fsp3) is 0.857. The molecule has 0 aliphatic carbocycles. The van der Waals surface area contributed by atoms with E-state index < -0.39 is 6.09 Å². The molecular weight excluding hydrogens is 144 g/mol. The van der Waals surface area contributed by atoms with E-state index in [2.05, 4.69) is 0 Å². The molecule has 0 aromatic rings.